The van der Waals surface area contributed by atoms with E-state index in [0.29, 0.717) is 6.54 Å². The Morgan fingerprint density at radius 3 is 2.61 bits per heavy atom. The highest BCUT2D eigenvalue weighted by molar-refractivity contribution is 7.91. The van der Waals surface area contributed by atoms with E-state index in [1.165, 1.54) is 30.3 Å². The Balaban J connectivity index is 2.05. The summed E-state index contributed by atoms with van der Waals surface area (Å²) in [5, 5.41) is 11.8. The van der Waals surface area contributed by atoms with Gasteiger partial charge in [0.05, 0.1) is 9.82 Å². The van der Waals surface area contributed by atoms with Gasteiger partial charge in [-0.15, -0.1) is 0 Å². The normalized spacial score (nSPS) is 17.4. The summed E-state index contributed by atoms with van der Waals surface area (Å²) < 4.78 is 25.8. The van der Waals surface area contributed by atoms with E-state index in [1.807, 2.05) is 6.92 Å². The van der Waals surface area contributed by atoms with E-state index < -0.39 is 25.3 Å². The fraction of sp³-hybridized carbons (Fsp3) is 0.316. The minimum absolute atomic E-state index is 0.0372. The van der Waals surface area contributed by atoms with Gasteiger partial charge in [-0.1, -0.05) is 17.7 Å². The number of hydrogen-bond acceptors (Lipinski definition) is 5. The topological polar surface area (TPSA) is 97.6 Å². The molecule has 1 fully saturated rings. The van der Waals surface area contributed by atoms with Crippen LogP contribution in [0.5, 0.6) is 0 Å². The molecule has 0 aliphatic carbocycles. The minimum atomic E-state index is -4.17. The van der Waals surface area contributed by atoms with E-state index in [9.17, 15) is 23.3 Å². The molecule has 2 aromatic carbocycles. The lowest BCUT2D eigenvalue weighted by atomic mass is 10.0. The molecule has 1 heterocycles. The number of rotatable bonds is 4. The number of nitro benzene ring substituents is 1. The van der Waals surface area contributed by atoms with E-state index in [4.69, 9.17) is 11.6 Å². The number of piperidine rings is 1. The molecule has 0 N–H and O–H groups in total. The van der Waals surface area contributed by atoms with E-state index >= 15 is 0 Å². The molecule has 2 aromatic rings. The molecule has 0 radical (unpaired) electrons. The van der Waals surface area contributed by atoms with Gasteiger partial charge in [0.15, 0.2) is 0 Å². The molecule has 148 valence electrons. The fourth-order valence-corrected chi connectivity index (χ4v) is 5.05. The molecule has 1 amide bonds. The first-order valence-electron chi connectivity index (χ1n) is 8.82. The van der Waals surface area contributed by atoms with Crippen molar-refractivity contribution in [2.24, 2.45) is 0 Å². The number of halogens is 1. The second-order valence-electron chi connectivity index (χ2n) is 6.74. The van der Waals surface area contributed by atoms with E-state index in [-0.39, 0.29) is 27.4 Å². The first-order valence-corrected chi connectivity index (χ1v) is 10.7. The van der Waals surface area contributed by atoms with Gasteiger partial charge in [0, 0.05) is 29.2 Å². The molecular formula is C19H19ClN2O5S. The zero-order valence-corrected chi connectivity index (χ0v) is 16.7. The summed E-state index contributed by atoms with van der Waals surface area (Å²) in [4.78, 5) is 24.6. The van der Waals surface area contributed by atoms with Crippen molar-refractivity contribution in [1.29, 1.82) is 0 Å². The molecule has 3 rings (SSSR count). The maximum atomic E-state index is 12.9. The van der Waals surface area contributed by atoms with Crippen molar-refractivity contribution in [3.05, 3.63) is 63.2 Å². The summed E-state index contributed by atoms with van der Waals surface area (Å²) in [6.07, 6.45) is 2.77. The Morgan fingerprint density at radius 2 is 1.96 bits per heavy atom. The molecule has 0 saturated carbocycles. The predicted octanol–water partition coefficient (Wildman–Crippen LogP) is 4.10. The average Bonchev–Trinajstić information content (AvgIpc) is 2.67. The smallest absolute Gasteiger partial charge is 0.289 e. The SMILES string of the molecule is CC1CCCCN1C(=O)c1ccc(S(=O)(=O)c2cccc(Cl)c2)c([N+](=O)[O-])c1. The van der Waals surface area contributed by atoms with Gasteiger partial charge in [0.2, 0.25) is 9.84 Å². The van der Waals surface area contributed by atoms with Crippen molar-refractivity contribution in [3.63, 3.8) is 0 Å². The lowest BCUT2D eigenvalue weighted by molar-refractivity contribution is -0.387. The predicted molar refractivity (Wildman–Crippen MR) is 104 cm³/mol. The molecule has 0 spiro atoms. The molecule has 1 atom stereocenters. The van der Waals surface area contributed by atoms with Crippen LogP contribution in [-0.2, 0) is 9.84 Å². The molecule has 28 heavy (non-hydrogen) atoms. The summed E-state index contributed by atoms with van der Waals surface area (Å²) in [5.41, 5.74) is -0.527. The molecular weight excluding hydrogens is 404 g/mol. The van der Waals surface area contributed by atoms with Crippen LogP contribution in [0.15, 0.2) is 52.3 Å². The number of carbonyl (C=O) groups is 1. The van der Waals surface area contributed by atoms with Crippen LogP contribution in [0.3, 0.4) is 0 Å². The van der Waals surface area contributed by atoms with Crippen LogP contribution >= 0.6 is 11.6 Å². The van der Waals surface area contributed by atoms with Crippen molar-refractivity contribution in [1.82, 2.24) is 4.90 Å². The minimum Gasteiger partial charge on any atom is -0.336 e. The van der Waals surface area contributed by atoms with Gasteiger partial charge in [-0.3, -0.25) is 14.9 Å². The molecule has 1 unspecified atom stereocenters. The summed E-state index contributed by atoms with van der Waals surface area (Å²) >= 11 is 5.86. The summed E-state index contributed by atoms with van der Waals surface area (Å²) in [7, 11) is -4.17. The van der Waals surface area contributed by atoms with Crippen LogP contribution in [0.1, 0.15) is 36.5 Å². The van der Waals surface area contributed by atoms with Crippen LogP contribution in [-0.4, -0.2) is 36.7 Å². The van der Waals surface area contributed by atoms with Crippen LogP contribution in [0.4, 0.5) is 5.69 Å². The molecule has 1 aliphatic rings. The Hall–Kier alpha value is -2.45. The van der Waals surface area contributed by atoms with Gasteiger partial charge in [0.1, 0.15) is 4.90 Å². The largest absolute Gasteiger partial charge is 0.336 e. The number of benzene rings is 2. The van der Waals surface area contributed by atoms with Crippen molar-refractivity contribution in [2.45, 2.75) is 42.0 Å². The second-order valence-corrected chi connectivity index (χ2v) is 9.10. The Bertz CT molecular complexity index is 1040. The Labute approximate surface area is 168 Å². The van der Waals surface area contributed by atoms with E-state index in [0.717, 1.165) is 31.4 Å². The molecule has 1 aliphatic heterocycles. The van der Waals surface area contributed by atoms with Gasteiger partial charge in [-0.2, -0.15) is 0 Å². The summed E-state index contributed by atoms with van der Waals surface area (Å²) in [6.45, 7) is 2.51. The maximum Gasteiger partial charge on any atom is 0.289 e. The number of sulfone groups is 1. The number of nitro groups is 1. The summed E-state index contributed by atoms with van der Waals surface area (Å²) in [5.74, 6) is -0.331. The van der Waals surface area contributed by atoms with E-state index in [1.54, 1.807) is 4.90 Å². The summed E-state index contributed by atoms with van der Waals surface area (Å²) in [6, 6.07) is 9.04. The zero-order chi connectivity index (χ0) is 20.5. The van der Waals surface area contributed by atoms with Crippen molar-refractivity contribution in [2.75, 3.05) is 6.54 Å². The van der Waals surface area contributed by atoms with Crippen molar-refractivity contribution >= 4 is 33.0 Å². The highest BCUT2D eigenvalue weighted by Crippen LogP contribution is 2.32. The Kier molecular flexibility index (Phi) is 5.71. The Morgan fingerprint density at radius 1 is 1.21 bits per heavy atom. The standard InChI is InChI=1S/C19H19ClN2O5S/c1-13-5-2-3-10-21(13)19(23)14-8-9-18(17(11-14)22(24)25)28(26,27)16-7-4-6-15(20)12-16/h4,6-9,11-13H,2-3,5,10H2,1H3. The third-order valence-electron chi connectivity index (χ3n) is 4.86. The highest BCUT2D eigenvalue weighted by Gasteiger charge is 2.31. The van der Waals surface area contributed by atoms with E-state index in [2.05, 4.69) is 0 Å². The number of carbonyl (C=O) groups excluding carboxylic acids is 1. The quantitative estimate of drug-likeness (QED) is 0.545. The van der Waals surface area contributed by atoms with Crippen molar-refractivity contribution < 1.29 is 18.1 Å². The van der Waals surface area contributed by atoms with Gasteiger partial charge < -0.3 is 4.90 Å². The van der Waals surface area contributed by atoms with Crippen molar-refractivity contribution in [3.8, 4) is 0 Å². The maximum absolute atomic E-state index is 12.9. The number of nitrogens with zero attached hydrogens (tertiary/aromatic N) is 2. The third kappa shape index (κ3) is 3.88. The first kappa shape index (κ1) is 20.3. The lowest BCUT2D eigenvalue weighted by Crippen LogP contribution is -2.42. The van der Waals surface area contributed by atoms with Crippen LogP contribution < -0.4 is 0 Å². The van der Waals surface area contributed by atoms with Gasteiger partial charge >= 0.3 is 0 Å². The lowest BCUT2D eigenvalue weighted by Gasteiger charge is -2.33. The van der Waals surface area contributed by atoms with Crippen LogP contribution in [0.2, 0.25) is 5.02 Å². The molecule has 7 nitrogen and oxygen atoms in total. The third-order valence-corrected chi connectivity index (χ3v) is 6.90. The zero-order valence-electron chi connectivity index (χ0n) is 15.2. The molecule has 1 saturated heterocycles. The second kappa shape index (κ2) is 7.89. The first-order chi connectivity index (χ1) is 13.2. The van der Waals surface area contributed by atoms with Gasteiger partial charge in [-0.05, 0) is 56.5 Å². The number of likely N-dealkylation sites (tertiary alicyclic amines) is 1. The van der Waals surface area contributed by atoms with Crippen LogP contribution in [0.25, 0.3) is 0 Å². The highest BCUT2D eigenvalue weighted by atomic mass is 35.5. The number of amides is 1. The molecule has 9 heteroatoms. The molecule has 0 bridgehead atoms. The molecule has 0 aromatic heterocycles. The van der Waals surface area contributed by atoms with Gasteiger partial charge in [0.25, 0.3) is 11.6 Å². The number of hydrogen-bond donors (Lipinski definition) is 0. The average molecular weight is 423 g/mol. The van der Waals surface area contributed by atoms with Crippen LogP contribution in [0, 0.1) is 10.1 Å². The fourth-order valence-electron chi connectivity index (χ4n) is 3.35. The monoisotopic (exact) mass is 422 g/mol. The van der Waals surface area contributed by atoms with Gasteiger partial charge in [-0.25, -0.2) is 8.42 Å².